The molecule has 0 radical (unpaired) electrons. The Kier molecular flexibility index (Phi) is 4.91. The average molecular weight is 269 g/mol. The van der Waals surface area contributed by atoms with Crippen molar-refractivity contribution in [2.24, 2.45) is 0 Å². The van der Waals surface area contributed by atoms with Crippen LogP contribution in [0, 0.1) is 13.8 Å². The molecule has 2 aromatic carbocycles. The first kappa shape index (κ1) is 14.3. The van der Waals surface area contributed by atoms with E-state index in [1.807, 2.05) is 62.4 Å². The van der Waals surface area contributed by atoms with E-state index in [9.17, 15) is 4.79 Å². The average Bonchev–Trinajstić information content (AvgIpc) is 2.44. The standard InChI is InChI=1S/C17H19NO2/c1-13-3-7-15(8-4-13)11-20-12-17(19)18-16-9-5-14(2)6-10-16/h3-10H,11-12H2,1-2H3,(H,18,19). The molecule has 1 amide bonds. The van der Waals surface area contributed by atoms with Crippen molar-refractivity contribution in [1.82, 2.24) is 0 Å². The summed E-state index contributed by atoms with van der Waals surface area (Å²) in [4.78, 5) is 11.7. The molecule has 0 aliphatic heterocycles. The monoisotopic (exact) mass is 269 g/mol. The normalized spacial score (nSPS) is 10.3. The first-order valence-electron chi connectivity index (χ1n) is 6.63. The number of carbonyl (C=O) groups is 1. The largest absolute Gasteiger partial charge is 0.367 e. The summed E-state index contributed by atoms with van der Waals surface area (Å²) in [7, 11) is 0. The maximum atomic E-state index is 11.7. The lowest BCUT2D eigenvalue weighted by Crippen LogP contribution is -2.18. The molecular weight excluding hydrogens is 250 g/mol. The molecular formula is C17H19NO2. The second-order valence-corrected chi connectivity index (χ2v) is 4.89. The predicted molar refractivity (Wildman–Crippen MR) is 80.6 cm³/mol. The maximum absolute atomic E-state index is 11.7. The summed E-state index contributed by atoms with van der Waals surface area (Å²) in [5.41, 5.74) is 4.24. The molecule has 0 aromatic heterocycles. The fourth-order valence-electron chi connectivity index (χ4n) is 1.78. The van der Waals surface area contributed by atoms with E-state index in [0.29, 0.717) is 6.61 Å². The quantitative estimate of drug-likeness (QED) is 0.902. The number of rotatable bonds is 5. The van der Waals surface area contributed by atoms with Crippen LogP contribution >= 0.6 is 0 Å². The van der Waals surface area contributed by atoms with E-state index in [1.165, 1.54) is 11.1 Å². The van der Waals surface area contributed by atoms with Crippen LogP contribution in [0.2, 0.25) is 0 Å². The molecule has 0 saturated carbocycles. The number of ether oxygens (including phenoxy) is 1. The molecule has 0 heterocycles. The second-order valence-electron chi connectivity index (χ2n) is 4.89. The van der Waals surface area contributed by atoms with Gasteiger partial charge < -0.3 is 10.1 Å². The molecule has 0 aliphatic carbocycles. The fraction of sp³-hybridized carbons (Fsp3) is 0.235. The van der Waals surface area contributed by atoms with Gasteiger partial charge in [0.1, 0.15) is 6.61 Å². The Morgan fingerprint density at radius 2 is 1.50 bits per heavy atom. The summed E-state index contributed by atoms with van der Waals surface area (Å²) in [6, 6.07) is 15.8. The Bertz CT molecular complexity index is 559. The number of carbonyl (C=O) groups excluding carboxylic acids is 1. The zero-order chi connectivity index (χ0) is 14.4. The van der Waals surface area contributed by atoms with Gasteiger partial charge >= 0.3 is 0 Å². The Balaban J connectivity index is 1.75. The Hall–Kier alpha value is -2.13. The molecule has 1 N–H and O–H groups in total. The van der Waals surface area contributed by atoms with Gasteiger partial charge in [0.15, 0.2) is 0 Å². The third kappa shape index (κ3) is 4.52. The van der Waals surface area contributed by atoms with Crippen LogP contribution in [0.4, 0.5) is 5.69 Å². The smallest absolute Gasteiger partial charge is 0.250 e. The lowest BCUT2D eigenvalue weighted by molar-refractivity contribution is -0.121. The van der Waals surface area contributed by atoms with Crippen molar-refractivity contribution >= 4 is 11.6 Å². The van der Waals surface area contributed by atoms with Crippen LogP contribution in [-0.2, 0) is 16.1 Å². The van der Waals surface area contributed by atoms with Gasteiger partial charge in [0.05, 0.1) is 6.61 Å². The molecule has 20 heavy (non-hydrogen) atoms. The molecule has 0 bridgehead atoms. The molecule has 104 valence electrons. The number of nitrogens with one attached hydrogen (secondary N) is 1. The van der Waals surface area contributed by atoms with Crippen LogP contribution in [0.1, 0.15) is 16.7 Å². The molecule has 2 rings (SSSR count). The lowest BCUT2D eigenvalue weighted by atomic mass is 10.2. The lowest BCUT2D eigenvalue weighted by Gasteiger charge is -2.07. The first-order chi connectivity index (χ1) is 9.63. The molecule has 3 heteroatoms. The van der Waals surface area contributed by atoms with Gasteiger partial charge in [-0.05, 0) is 31.5 Å². The van der Waals surface area contributed by atoms with E-state index < -0.39 is 0 Å². The second kappa shape index (κ2) is 6.87. The van der Waals surface area contributed by atoms with E-state index in [0.717, 1.165) is 11.3 Å². The summed E-state index contributed by atoms with van der Waals surface area (Å²) >= 11 is 0. The molecule has 0 aliphatic rings. The molecule has 0 spiro atoms. The molecule has 0 unspecified atom stereocenters. The zero-order valence-electron chi connectivity index (χ0n) is 11.8. The highest BCUT2D eigenvalue weighted by molar-refractivity contribution is 5.91. The minimum atomic E-state index is -0.138. The van der Waals surface area contributed by atoms with E-state index in [-0.39, 0.29) is 12.5 Å². The minimum Gasteiger partial charge on any atom is -0.367 e. The van der Waals surface area contributed by atoms with Crippen LogP contribution in [0.15, 0.2) is 48.5 Å². The third-order valence-electron chi connectivity index (χ3n) is 2.96. The van der Waals surface area contributed by atoms with Crippen LogP contribution in [0.25, 0.3) is 0 Å². The first-order valence-corrected chi connectivity index (χ1v) is 6.63. The van der Waals surface area contributed by atoms with Crippen molar-refractivity contribution in [3.63, 3.8) is 0 Å². The SMILES string of the molecule is Cc1ccc(COCC(=O)Nc2ccc(C)cc2)cc1. The number of hydrogen-bond acceptors (Lipinski definition) is 2. The topological polar surface area (TPSA) is 38.3 Å². The van der Waals surface area contributed by atoms with Gasteiger partial charge in [-0.15, -0.1) is 0 Å². The minimum absolute atomic E-state index is 0.0573. The van der Waals surface area contributed by atoms with Gasteiger partial charge in [-0.2, -0.15) is 0 Å². The summed E-state index contributed by atoms with van der Waals surface area (Å²) < 4.78 is 5.41. The van der Waals surface area contributed by atoms with Crippen molar-refractivity contribution in [3.05, 3.63) is 65.2 Å². The van der Waals surface area contributed by atoms with Crippen molar-refractivity contribution in [2.75, 3.05) is 11.9 Å². The molecule has 3 nitrogen and oxygen atoms in total. The van der Waals surface area contributed by atoms with E-state index in [1.54, 1.807) is 0 Å². The predicted octanol–water partition coefficient (Wildman–Crippen LogP) is 3.46. The van der Waals surface area contributed by atoms with Gasteiger partial charge in [0, 0.05) is 5.69 Å². The third-order valence-corrected chi connectivity index (χ3v) is 2.96. The number of amides is 1. The van der Waals surface area contributed by atoms with Crippen LogP contribution in [-0.4, -0.2) is 12.5 Å². The zero-order valence-corrected chi connectivity index (χ0v) is 11.8. The van der Waals surface area contributed by atoms with E-state index >= 15 is 0 Å². The van der Waals surface area contributed by atoms with Crippen LogP contribution in [0.3, 0.4) is 0 Å². The summed E-state index contributed by atoms with van der Waals surface area (Å²) in [6.07, 6.45) is 0. The summed E-state index contributed by atoms with van der Waals surface area (Å²) in [5.74, 6) is -0.138. The fourth-order valence-corrected chi connectivity index (χ4v) is 1.78. The van der Waals surface area contributed by atoms with Crippen LogP contribution < -0.4 is 5.32 Å². The van der Waals surface area contributed by atoms with Crippen molar-refractivity contribution in [1.29, 1.82) is 0 Å². The Labute approximate surface area is 119 Å². The van der Waals surface area contributed by atoms with E-state index in [4.69, 9.17) is 4.74 Å². The van der Waals surface area contributed by atoms with Crippen molar-refractivity contribution < 1.29 is 9.53 Å². The number of hydrogen-bond donors (Lipinski definition) is 1. The van der Waals surface area contributed by atoms with Gasteiger partial charge in [0.25, 0.3) is 0 Å². The molecule has 0 atom stereocenters. The number of benzene rings is 2. The summed E-state index contributed by atoms with van der Waals surface area (Å²) in [5, 5.41) is 2.80. The molecule has 0 fully saturated rings. The molecule has 0 saturated heterocycles. The van der Waals surface area contributed by atoms with Crippen molar-refractivity contribution in [3.8, 4) is 0 Å². The Morgan fingerprint density at radius 1 is 0.950 bits per heavy atom. The highest BCUT2D eigenvalue weighted by Crippen LogP contribution is 2.08. The summed E-state index contributed by atoms with van der Waals surface area (Å²) in [6.45, 7) is 4.55. The highest BCUT2D eigenvalue weighted by Gasteiger charge is 2.02. The van der Waals surface area contributed by atoms with E-state index in [2.05, 4.69) is 5.32 Å². The van der Waals surface area contributed by atoms with Gasteiger partial charge in [0.2, 0.25) is 5.91 Å². The molecule has 2 aromatic rings. The van der Waals surface area contributed by atoms with Gasteiger partial charge in [-0.25, -0.2) is 0 Å². The number of aryl methyl sites for hydroxylation is 2. The number of anilines is 1. The Morgan fingerprint density at radius 3 is 2.10 bits per heavy atom. The van der Waals surface area contributed by atoms with Crippen molar-refractivity contribution in [2.45, 2.75) is 20.5 Å². The highest BCUT2D eigenvalue weighted by atomic mass is 16.5. The maximum Gasteiger partial charge on any atom is 0.250 e. The van der Waals surface area contributed by atoms with Gasteiger partial charge in [-0.3, -0.25) is 4.79 Å². The van der Waals surface area contributed by atoms with Gasteiger partial charge in [-0.1, -0.05) is 47.5 Å². The van der Waals surface area contributed by atoms with Crippen LogP contribution in [0.5, 0.6) is 0 Å².